The van der Waals surface area contributed by atoms with Crippen LogP contribution >= 0.6 is 0 Å². The SMILES string of the molecule is O=C1c2ccccc2N[C@@]2(C(=O)Nc3ccccc32)N1c1ccc(F)cc1. The highest BCUT2D eigenvalue weighted by Gasteiger charge is 2.56. The number of benzene rings is 3. The Kier molecular flexibility index (Phi) is 3.12. The third kappa shape index (κ3) is 2.04. The molecule has 0 bridgehead atoms. The Morgan fingerprint density at radius 1 is 0.815 bits per heavy atom. The van der Waals surface area contributed by atoms with Crippen LogP contribution < -0.4 is 15.5 Å². The molecule has 27 heavy (non-hydrogen) atoms. The molecule has 1 atom stereocenters. The zero-order valence-corrected chi connectivity index (χ0v) is 14.1. The van der Waals surface area contributed by atoms with Crippen molar-refractivity contribution in [1.29, 1.82) is 0 Å². The number of hydrogen-bond donors (Lipinski definition) is 2. The number of hydrogen-bond acceptors (Lipinski definition) is 3. The average Bonchev–Trinajstić information content (AvgIpc) is 2.95. The molecule has 5 rings (SSSR count). The van der Waals surface area contributed by atoms with Crippen LogP contribution in [0.3, 0.4) is 0 Å². The zero-order valence-electron chi connectivity index (χ0n) is 14.1. The third-order valence-corrected chi connectivity index (χ3v) is 4.99. The molecule has 0 saturated heterocycles. The number of halogens is 1. The van der Waals surface area contributed by atoms with Crippen molar-refractivity contribution < 1.29 is 14.0 Å². The predicted octanol–water partition coefficient (Wildman–Crippen LogP) is 3.70. The molecule has 0 unspecified atom stereocenters. The van der Waals surface area contributed by atoms with Gasteiger partial charge in [-0.3, -0.25) is 14.5 Å². The lowest BCUT2D eigenvalue weighted by Gasteiger charge is -2.44. The Labute approximate surface area is 154 Å². The van der Waals surface area contributed by atoms with E-state index in [4.69, 9.17) is 0 Å². The minimum absolute atomic E-state index is 0.331. The standard InChI is InChI=1S/C21H14FN3O2/c22-13-9-11-14(12-10-13)25-19(26)15-5-1-3-7-17(15)24-21(25)16-6-2-4-8-18(16)23-20(21)27/h1-12,24H,(H,23,27)/t21-/m1/s1. The second-order valence-corrected chi connectivity index (χ2v) is 6.50. The summed E-state index contributed by atoms with van der Waals surface area (Å²) < 4.78 is 13.5. The Balaban J connectivity index is 1.81. The minimum Gasteiger partial charge on any atom is -0.350 e. The van der Waals surface area contributed by atoms with Crippen molar-refractivity contribution in [2.24, 2.45) is 0 Å². The van der Waals surface area contributed by atoms with Gasteiger partial charge in [-0.15, -0.1) is 0 Å². The molecule has 2 amide bonds. The summed E-state index contributed by atoms with van der Waals surface area (Å²) in [4.78, 5) is 28.0. The molecule has 3 aromatic rings. The van der Waals surface area contributed by atoms with Crippen LogP contribution in [0.1, 0.15) is 15.9 Å². The van der Waals surface area contributed by atoms with E-state index in [1.54, 1.807) is 36.4 Å². The molecular formula is C21H14FN3O2. The largest absolute Gasteiger partial charge is 0.350 e. The summed E-state index contributed by atoms with van der Waals surface area (Å²) in [6.07, 6.45) is 0. The van der Waals surface area contributed by atoms with E-state index in [0.29, 0.717) is 28.2 Å². The number of rotatable bonds is 1. The topological polar surface area (TPSA) is 61.4 Å². The molecule has 2 aliphatic rings. The molecule has 2 N–H and O–H groups in total. The van der Waals surface area contributed by atoms with Gasteiger partial charge in [0.15, 0.2) is 0 Å². The summed E-state index contributed by atoms with van der Waals surface area (Å²) in [5, 5.41) is 6.12. The van der Waals surface area contributed by atoms with E-state index in [9.17, 15) is 14.0 Å². The molecule has 0 fully saturated rings. The Hall–Kier alpha value is -3.67. The summed E-state index contributed by atoms with van der Waals surface area (Å²) >= 11 is 0. The lowest BCUT2D eigenvalue weighted by atomic mass is 9.92. The van der Waals surface area contributed by atoms with Crippen LogP contribution in [0, 0.1) is 5.82 Å². The minimum atomic E-state index is -1.44. The van der Waals surface area contributed by atoms with Crippen LogP contribution in [-0.2, 0) is 10.5 Å². The maximum Gasteiger partial charge on any atom is 0.276 e. The summed E-state index contributed by atoms with van der Waals surface area (Å²) in [5.41, 5.74) is 1.28. The van der Waals surface area contributed by atoms with E-state index in [0.717, 1.165) is 0 Å². The van der Waals surface area contributed by atoms with Crippen LogP contribution in [-0.4, -0.2) is 11.8 Å². The molecule has 0 aliphatic carbocycles. The quantitative estimate of drug-likeness (QED) is 0.696. The van der Waals surface area contributed by atoms with E-state index in [1.807, 2.05) is 12.1 Å². The van der Waals surface area contributed by atoms with Crippen LogP contribution in [0.2, 0.25) is 0 Å². The van der Waals surface area contributed by atoms with Crippen molar-refractivity contribution in [2.75, 3.05) is 15.5 Å². The number of carbonyl (C=O) groups is 2. The van der Waals surface area contributed by atoms with Gasteiger partial charge in [-0.2, -0.15) is 0 Å². The van der Waals surface area contributed by atoms with Crippen molar-refractivity contribution in [1.82, 2.24) is 0 Å². The van der Waals surface area contributed by atoms with Gasteiger partial charge in [-0.1, -0.05) is 30.3 Å². The van der Waals surface area contributed by atoms with E-state index in [2.05, 4.69) is 10.6 Å². The molecular weight excluding hydrogens is 345 g/mol. The summed E-state index contributed by atoms with van der Waals surface area (Å²) in [7, 11) is 0. The van der Waals surface area contributed by atoms with Gasteiger partial charge in [0.1, 0.15) is 5.82 Å². The number of carbonyl (C=O) groups excluding carboxylic acids is 2. The van der Waals surface area contributed by atoms with Crippen molar-refractivity contribution in [2.45, 2.75) is 5.66 Å². The van der Waals surface area contributed by atoms with Crippen molar-refractivity contribution in [3.63, 3.8) is 0 Å². The van der Waals surface area contributed by atoms with E-state index < -0.39 is 11.5 Å². The highest BCUT2D eigenvalue weighted by Crippen LogP contribution is 2.47. The highest BCUT2D eigenvalue weighted by atomic mass is 19.1. The molecule has 5 nitrogen and oxygen atoms in total. The monoisotopic (exact) mass is 359 g/mol. The number of amides is 2. The van der Waals surface area contributed by atoms with Crippen LogP contribution in [0.5, 0.6) is 0 Å². The van der Waals surface area contributed by atoms with E-state index in [1.165, 1.54) is 29.2 Å². The number of nitrogens with one attached hydrogen (secondary N) is 2. The third-order valence-electron chi connectivity index (χ3n) is 4.99. The predicted molar refractivity (Wildman–Crippen MR) is 100 cm³/mol. The maximum absolute atomic E-state index is 13.5. The second kappa shape index (κ2) is 5.41. The van der Waals surface area contributed by atoms with Crippen molar-refractivity contribution >= 4 is 28.9 Å². The van der Waals surface area contributed by atoms with Gasteiger partial charge in [-0.25, -0.2) is 4.39 Å². The summed E-state index contributed by atoms with van der Waals surface area (Å²) in [6, 6.07) is 19.8. The number of nitrogens with zero attached hydrogens (tertiary/aromatic N) is 1. The first-order valence-electron chi connectivity index (χ1n) is 8.49. The Morgan fingerprint density at radius 3 is 2.26 bits per heavy atom. The fraction of sp³-hybridized carbons (Fsp3) is 0.0476. The highest BCUT2D eigenvalue weighted by molar-refractivity contribution is 6.21. The van der Waals surface area contributed by atoms with E-state index >= 15 is 0 Å². The molecule has 132 valence electrons. The van der Waals surface area contributed by atoms with Crippen LogP contribution in [0.4, 0.5) is 21.5 Å². The molecule has 2 heterocycles. The van der Waals surface area contributed by atoms with Crippen molar-refractivity contribution in [3.05, 3.63) is 89.7 Å². The van der Waals surface area contributed by atoms with Crippen LogP contribution in [0.15, 0.2) is 72.8 Å². The molecule has 0 saturated carbocycles. The van der Waals surface area contributed by atoms with Gasteiger partial charge in [-0.05, 0) is 42.5 Å². The number of anilines is 3. The lowest BCUT2D eigenvalue weighted by Crippen LogP contribution is -2.61. The fourth-order valence-corrected chi connectivity index (χ4v) is 3.79. The Morgan fingerprint density at radius 2 is 1.48 bits per heavy atom. The summed E-state index contributed by atoms with van der Waals surface area (Å²) in [6.45, 7) is 0. The van der Waals surface area contributed by atoms with Gasteiger partial charge in [0.05, 0.1) is 5.56 Å². The number of para-hydroxylation sites is 2. The zero-order chi connectivity index (χ0) is 18.6. The van der Waals surface area contributed by atoms with Crippen LogP contribution in [0.25, 0.3) is 0 Å². The first-order valence-corrected chi connectivity index (χ1v) is 8.49. The molecule has 2 aliphatic heterocycles. The first-order chi connectivity index (χ1) is 13.1. The lowest BCUT2D eigenvalue weighted by molar-refractivity contribution is -0.119. The average molecular weight is 359 g/mol. The fourth-order valence-electron chi connectivity index (χ4n) is 3.79. The van der Waals surface area contributed by atoms with Crippen molar-refractivity contribution in [3.8, 4) is 0 Å². The molecule has 3 aromatic carbocycles. The maximum atomic E-state index is 13.5. The number of fused-ring (bicyclic) bond motifs is 3. The Bertz CT molecular complexity index is 1100. The smallest absolute Gasteiger partial charge is 0.276 e. The first kappa shape index (κ1) is 15.6. The van der Waals surface area contributed by atoms with Gasteiger partial charge in [0, 0.05) is 22.6 Å². The summed E-state index contributed by atoms with van der Waals surface area (Å²) in [5.74, 6) is -1.11. The molecule has 6 heteroatoms. The molecule has 0 aromatic heterocycles. The molecule has 0 radical (unpaired) electrons. The molecule has 1 spiro atoms. The second-order valence-electron chi connectivity index (χ2n) is 6.50. The van der Waals surface area contributed by atoms with Gasteiger partial charge < -0.3 is 10.6 Å². The normalized spacial score (nSPS) is 20.1. The van der Waals surface area contributed by atoms with E-state index in [-0.39, 0.29) is 11.8 Å². The van der Waals surface area contributed by atoms with Gasteiger partial charge in [0.25, 0.3) is 11.8 Å². The van der Waals surface area contributed by atoms with Gasteiger partial charge >= 0.3 is 0 Å². The van der Waals surface area contributed by atoms with Gasteiger partial charge in [0.2, 0.25) is 5.66 Å².